The standard InChI is InChI=1S/C27H25N5O/c1-32(2)14-13-29-27(33)19-10-8-18(9-11-19)21-6-3-7-23-26(21)22-15-24(30-17-25(22)31-23)20-5-4-12-28-16-20/h3-12,15-17,31H,13-14H2,1-2H3,(H,29,33). The topological polar surface area (TPSA) is 73.9 Å². The molecule has 0 fully saturated rings. The van der Waals surface area contributed by atoms with E-state index in [0.29, 0.717) is 12.1 Å². The summed E-state index contributed by atoms with van der Waals surface area (Å²) in [6, 6.07) is 20.1. The fourth-order valence-corrected chi connectivity index (χ4v) is 4.06. The predicted molar refractivity (Wildman–Crippen MR) is 133 cm³/mol. The monoisotopic (exact) mass is 435 g/mol. The van der Waals surface area contributed by atoms with E-state index in [1.54, 1.807) is 6.20 Å². The minimum absolute atomic E-state index is 0.0547. The molecule has 6 heteroatoms. The summed E-state index contributed by atoms with van der Waals surface area (Å²) in [6.07, 6.45) is 5.47. The number of likely N-dealkylation sites (N-methyl/N-ethyl adjacent to an activating group) is 1. The Bertz CT molecular complexity index is 1420. The molecule has 6 nitrogen and oxygen atoms in total. The molecule has 0 unspecified atom stereocenters. The Labute approximate surface area is 192 Å². The van der Waals surface area contributed by atoms with Gasteiger partial charge in [-0.2, -0.15) is 0 Å². The smallest absolute Gasteiger partial charge is 0.251 e. The van der Waals surface area contributed by atoms with E-state index in [4.69, 9.17) is 0 Å². The van der Waals surface area contributed by atoms with Crippen molar-refractivity contribution in [2.45, 2.75) is 0 Å². The number of carbonyl (C=O) groups excluding carboxylic acids is 1. The van der Waals surface area contributed by atoms with E-state index in [-0.39, 0.29) is 5.91 Å². The number of amides is 1. The maximum atomic E-state index is 12.4. The number of hydrogen-bond acceptors (Lipinski definition) is 4. The third kappa shape index (κ3) is 4.21. The lowest BCUT2D eigenvalue weighted by Gasteiger charge is -2.11. The van der Waals surface area contributed by atoms with Gasteiger partial charge in [0.05, 0.1) is 17.4 Å². The first-order valence-electron chi connectivity index (χ1n) is 10.9. The van der Waals surface area contributed by atoms with Gasteiger partial charge in [-0.3, -0.25) is 14.8 Å². The highest BCUT2D eigenvalue weighted by atomic mass is 16.1. The summed E-state index contributed by atoms with van der Waals surface area (Å²) in [7, 11) is 3.98. The molecule has 0 radical (unpaired) electrons. The van der Waals surface area contributed by atoms with E-state index in [1.165, 1.54) is 0 Å². The molecule has 0 aliphatic carbocycles. The van der Waals surface area contributed by atoms with Gasteiger partial charge >= 0.3 is 0 Å². The highest BCUT2D eigenvalue weighted by molar-refractivity contribution is 6.14. The number of hydrogen-bond donors (Lipinski definition) is 2. The number of fused-ring (bicyclic) bond motifs is 3. The Hall–Kier alpha value is -4.03. The minimum atomic E-state index is -0.0547. The van der Waals surface area contributed by atoms with Crippen LogP contribution in [0.1, 0.15) is 10.4 Å². The Kier molecular flexibility index (Phi) is 5.59. The molecule has 3 aromatic heterocycles. The third-order valence-corrected chi connectivity index (χ3v) is 5.77. The lowest BCUT2D eigenvalue weighted by Crippen LogP contribution is -2.31. The summed E-state index contributed by atoms with van der Waals surface area (Å²) in [4.78, 5) is 26.8. The third-order valence-electron chi connectivity index (χ3n) is 5.77. The summed E-state index contributed by atoms with van der Waals surface area (Å²) in [6.45, 7) is 1.43. The van der Waals surface area contributed by atoms with Crippen molar-refractivity contribution in [3.63, 3.8) is 0 Å². The van der Waals surface area contributed by atoms with Gasteiger partial charge in [-0.1, -0.05) is 24.3 Å². The Balaban J connectivity index is 1.52. The molecule has 2 N–H and O–H groups in total. The summed E-state index contributed by atoms with van der Waals surface area (Å²) in [5.41, 5.74) is 6.74. The number of pyridine rings is 2. The zero-order valence-corrected chi connectivity index (χ0v) is 18.7. The molecule has 0 atom stereocenters. The van der Waals surface area contributed by atoms with Crippen LogP contribution in [0.15, 0.2) is 79.3 Å². The lowest BCUT2D eigenvalue weighted by molar-refractivity contribution is 0.0951. The molecule has 33 heavy (non-hydrogen) atoms. The highest BCUT2D eigenvalue weighted by Crippen LogP contribution is 2.35. The highest BCUT2D eigenvalue weighted by Gasteiger charge is 2.13. The van der Waals surface area contributed by atoms with Gasteiger partial charge in [0.2, 0.25) is 0 Å². The van der Waals surface area contributed by atoms with Gasteiger partial charge in [-0.25, -0.2) is 0 Å². The fourth-order valence-electron chi connectivity index (χ4n) is 4.06. The van der Waals surface area contributed by atoms with Crippen LogP contribution in [0.2, 0.25) is 0 Å². The SMILES string of the molecule is CN(C)CCNC(=O)c1ccc(-c2cccc3[nH]c4cnc(-c5cccnc5)cc4c23)cc1. The van der Waals surface area contributed by atoms with Crippen LogP contribution in [0.5, 0.6) is 0 Å². The summed E-state index contributed by atoms with van der Waals surface area (Å²) in [5, 5.41) is 5.22. The van der Waals surface area contributed by atoms with Gasteiger partial charge in [-0.05, 0) is 61.6 Å². The fraction of sp³-hybridized carbons (Fsp3) is 0.148. The van der Waals surface area contributed by atoms with Gasteiger partial charge in [0.25, 0.3) is 5.91 Å². The summed E-state index contributed by atoms with van der Waals surface area (Å²) < 4.78 is 0. The van der Waals surface area contributed by atoms with Crippen LogP contribution < -0.4 is 5.32 Å². The maximum absolute atomic E-state index is 12.4. The van der Waals surface area contributed by atoms with Crippen molar-refractivity contribution in [2.75, 3.05) is 27.2 Å². The second-order valence-electron chi connectivity index (χ2n) is 8.35. The van der Waals surface area contributed by atoms with Gasteiger partial charge in [0.15, 0.2) is 0 Å². The summed E-state index contributed by atoms with van der Waals surface area (Å²) >= 11 is 0. The first-order chi connectivity index (χ1) is 16.1. The van der Waals surface area contributed by atoms with Crippen molar-refractivity contribution in [1.29, 1.82) is 0 Å². The van der Waals surface area contributed by atoms with E-state index in [0.717, 1.165) is 50.7 Å². The van der Waals surface area contributed by atoms with Crippen molar-refractivity contribution >= 4 is 27.7 Å². The van der Waals surface area contributed by atoms with E-state index in [1.807, 2.05) is 73.9 Å². The molecule has 1 amide bonds. The number of rotatable bonds is 6. The van der Waals surface area contributed by atoms with E-state index in [9.17, 15) is 4.79 Å². The maximum Gasteiger partial charge on any atom is 0.251 e. The molecule has 2 aromatic carbocycles. The second-order valence-corrected chi connectivity index (χ2v) is 8.35. The van der Waals surface area contributed by atoms with Crippen LogP contribution in [-0.2, 0) is 0 Å². The van der Waals surface area contributed by atoms with Gasteiger partial charge < -0.3 is 15.2 Å². The summed E-state index contributed by atoms with van der Waals surface area (Å²) in [5.74, 6) is -0.0547. The van der Waals surface area contributed by atoms with E-state index >= 15 is 0 Å². The van der Waals surface area contributed by atoms with Crippen molar-refractivity contribution in [1.82, 2.24) is 25.2 Å². The van der Waals surface area contributed by atoms with Crippen LogP contribution in [0.3, 0.4) is 0 Å². The Morgan fingerprint density at radius 2 is 1.82 bits per heavy atom. The molecule has 0 saturated carbocycles. The first kappa shape index (κ1) is 20.8. The van der Waals surface area contributed by atoms with Crippen molar-refractivity contribution in [3.8, 4) is 22.4 Å². The number of H-pyrrole nitrogens is 1. The Morgan fingerprint density at radius 1 is 0.970 bits per heavy atom. The molecule has 3 heterocycles. The van der Waals surface area contributed by atoms with Crippen LogP contribution in [0.25, 0.3) is 44.2 Å². The molecule has 0 spiro atoms. The first-order valence-corrected chi connectivity index (χ1v) is 10.9. The van der Waals surface area contributed by atoms with Crippen LogP contribution in [0.4, 0.5) is 0 Å². The van der Waals surface area contributed by atoms with Crippen LogP contribution >= 0.6 is 0 Å². The van der Waals surface area contributed by atoms with Crippen molar-refractivity contribution in [3.05, 3.63) is 84.8 Å². The molecule has 5 rings (SSSR count). The molecule has 0 bridgehead atoms. The lowest BCUT2D eigenvalue weighted by atomic mass is 9.98. The van der Waals surface area contributed by atoms with Gasteiger partial charge in [-0.15, -0.1) is 0 Å². The molecule has 5 aromatic rings. The minimum Gasteiger partial charge on any atom is -0.353 e. The molecular formula is C27H25N5O. The molecule has 0 aliphatic rings. The van der Waals surface area contributed by atoms with Gasteiger partial charge in [0.1, 0.15) is 0 Å². The zero-order chi connectivity index (χ0) is 22.8. The Morgan fingerprint density at radius 3 is 2.58 bits per heavy atom. The molecular weight excluding hydrogens is 410 g/mol. The number of benzene rings is 2. The average Bonchev–Trinajstić information content (AvgIpc) is 3.22. The van der Waals surface area contributed by atoms with Crippen LogP contribution in [0, 0.1) is 0 Å². The molecule has 164 valence electrons. The largest absolute Gasteiger partial charge is 0.353 e. The quantitative estimate of drug-likeness (QED) is 0.404. The second kappa shape index (κ2) is 8.84. The molecule has 0 saturated heterocycles. The normalized spacial score (nSPS) is 11.4. The van der Waals surface area contributed by atoms with E-state index < -0.39 is 0 Å². The van der Waals surface area contributed by atoms with E-state index in [2.05, 4.69) is 38.5 Å². The number of aromatic nitrogens is 3. The van der Waals surface area contributed by atoms with Crippen molar-refractivity contribution < 1.29 is 4.79 Å². The average molecular weight is 436 g/mol. The molecule has 0 aliphatic heterocycles. The number of nitrogens with one attached hydrogen (secondary N) is 2. The number of nitrogens with zero attached hydrogens (tertiary/aromatic N) is 3. The predicted octanol–water partition coefficient (Wildman–Crippen LogP) is 4.74. The zero-order valence-electron chi connectivity index (χ0n) is 18.7. The van der Waals surface area contributed by atoms with Crippen LogP contribution in [-0.4, -0.2) is 52.9 Å². The number of carbonyl (C=O) groups is 1. The van der Waals surface area contributed by atoms with Crippen molar-refractivity contribution in [2.24, 2.45) is 0 Å². The van der Waals surface area contributed by atoms with Gasteiger partial charge in [0, 0.05) is 52.9 Å². The number of aromatic amines is 1.